The van der Waals surface area contributed by atoms with Gasteiger partial charge in [0.05, 0.1) is 39.0 Å². The van der Waals surface area contributed by atoms with Crippen molar-refractivity contribution in [2.75, 3.05) is 33.0 Å². The first-order valence-electron chi connectivity index (χ1n) is 15.0. The fourth-order valence-corrected chi connectivity index (χ4v) is 3.84. The summed E-state index contributed by atoms with van der Waals surface area (Å²) in [6, 6.07) is 17.8. The Bertz CT molecular complexity index is 1200. The van der Waals surface area contributed by atoms with E-state index in [1.807, 2.05) is 74.5 Å². The number of carbonyl (C=O) groups is 4. The number of epoxide rings is 2. The van der Waals surface area contributed by atoms with Crippen molar-refractivity contribution in [1.29, 1.82) is 0 Å². The third-order valence-electron chi connectivity index (χ3n) is 6.59. The number of amides is 2. The SMILES string of the molecule is CC(C)CC(NC(=O)OCc1ccccc1)C(=O)[C@@]1(CO)CO1.CCC.O=C(NCC(=O)[C@@]1(CO)CO1)OCc1ccccc1. The summed E-state index contributed by atoms with van der Waals surface area (Å²) in [5.74, 6) is -0.454. The molecular formula is C33H46N2O10. The van der Waals surface area contributed by atoms with Crippen LogP contribution < -0.4 is 10.6 Å². The Morgan fingerprint density at radius 2 is 1.24 bits per heavy atom. The van der Waals surface area contributed by atoms with E-state index < -0.39 is 29.4 Å². The number of nitrogens with one attached hydrogen (secondary N) is 2. The molecule has 248 valence electrons. The van der Waals surface area contributed by atoms with Crippen molar-refractivity contribution in [3.05, 3.63) is 71.8 Å². The van der Waals surface area contributed by atoms with Gasteiger partial charge in [-0.1, -0.05) is 94.8 Å². The summed E-state index contributed by atoms with van der Waals surface area (Å²) < 4.78 is 20.1. The molecule has 0 aliphatic carbocycles. The maximum Gasteiger partial charge on any atom is 0.408 e. The fourth-order valence-electron chi connectivity index (χ4n) is 3.84. The van der Waals surface area contributed by atoms with Gasteiger partial charge < -0.3 is 39.8 Å². The zero-order chi connectivity index (χ0) is 33.3. The lowest BCUT2D eigenvalue weighted by molar-refractivity contribution is -0.128. The number of carbonyl (C=O) groups excluding carboxylic acids is 4. The van der Waals surface area contributed by atoms with Gasteiger partial charge >= 0.3 is 12.2 Å². The Morgan fingerprint density at radius 1 is 0.800 bits per heavy atom. The molecule has 4 N–H and O–H groups in total. The molecular weight excluding hydrogens is 584 g/mol. The van der Waals surface area contributed by atoms with E-state index in [1.54, 1.807) is 0 Å². The van der Waals surface area contributed by atoms with Crippen molar-refractivity contribution in [3.8, 4) is 0 Å². The Morgan fingerprint density at radius 3 is 1.64 bits per heavy atom. The molecule has 4 rings (SSSR count). The van der Waals surface area contributed by atoms with Crippen LogP contribution in [0, 0.1) is 5.92 Å². The van der Waals surface area contributed by atoms with Crippen LogP contribution in [0.2, 0.25) is 0 Å². The Hall–Kier alpha value is -3.84. The first kappa shape index (κ1) is 37.3. The second kappa shape index (κ2) is 18.8. The minimum Gasteiger partial charge on any atom is -0.445 e. The molecule has 1 unspecified atom stereocenters. The second-order valence-electron chi connectivity index (χ2n) is 11.2. The maximum absolute atomic E-state index is 12.4. The monoisotopic (exact) mass is 630 g/mol. The zero-order valence-electron chi connectivity index (χ0n) is 26.5. The summed E-state index contributed by atoms with van der Waals surface area (Å²) in [4.78, 5) is 47.4. The summed E-state index contributed by atoms with van der Waals surface area (Å²) >= 11 is 0. The minimum atomic E-state index is -1.15. The Kier molecular flexibility index (Phi) is 15.6. The molecule has 2 fully saturated rings. The molecule has 2 saturated heterocycles. The van der Waals surface area contributed by atoms with Gasteiger partial charge in [0.1, 0.15) is 13.2 Å². The van der Waals surface area contributed by atoms with Crippen LogP contribution in [0.15, 0.2) is 60.7 Å². The Balaban J connectivity index is 0.000000293. The first-order chi connectivity index (χ1) is 21.5. The third-order valence-corrected chi connectivity index (χ3v) is 6.59. The zero-order valence-corrected chi connectivity index (χ0v) is 26.5. The minimum absolute atomic E-state index is 0.136. The van der Waals surface area contributed by atoms with Crippen molar-refractivity contribution >= 4 is 23.8 Å². The largest absolute Gasteiger partial charge is 0.445 e. The van der Waals surface area contributed by atoms with Crippen LogP contribution >= 0.6 is 0 Å². The van der Waals surface area contributed by atoms with Gasteiger partial charge in [-0.15, -0.1) is 0 Å². The molecule has 0 radical (unpaired) electrons. The lowest BCUT2D eigenvalue weighted by atomic mass is 9.93. The summed E-state index contributed by atoms with van der Waals surface area (Å²) in [6.07, 6.45) is 0.386. The van der Waals surface area contributed by atoms with Crippen molar-refractivity contribution in [2.45, 2.75) is 71.0 Å². The number of hydrogen-bond acceptors (Lipinski definition) is 10. The molecule has 12 heteroatoms. The topological polar surface area (TPSA) is 176 Å². The number of hydrogen-bond donors (Lipinski definition) is 4. The van der Waals surface area contributed by atoms with Crippen LogP contribution in [-0.2, 0) is 41.8 Å². The number of Topliss-reactive ketones (excluding diaryl/α,β-unsaturated/α-hetero) is 2. The highest BCUT2D eigenvalue weighted by atomic mass is 16.6. The predicted octanol–water partition coefficient (Wildman–Crippen LogP) is 3.32. The first-order valence-corrected chi connectivity index (χ1v) is 15.0. The number of aliphatic hydroxyl groups excluding tert-OH is 2. The lowest BCUT2D eigenvalue weighted by Gasteiger charge is -2.21. The van der Waals surface area contributed by atoms with Gasteiger partial charge in [0.15, 0.2) is 22.8 Å². The third kappa shape index (κ3) is 13.0. The summed E-state index contributed by atoms with van der Waals surface area (Å²) in [5.41, 5.74) is -0.521. The molecule has 2 aliphatic heterocycles. The van der Waals surface area contributed by atoms with Crippen LogP contribution in [0.3, 0.4) is 0 Å². The van der Waals surface area contributed by atoms with Gasteiger partial charge in [-0.2, -0.15) is 0 Å². The van der Waals surface area contributed by atoms with E-state index in [9.17, 15) is 24.3 Å². The number of benzene rings is 2. The lowest BCUT2D eigenvalue weighted by Crippen LogP contribution is -2.48. The molecule has 2 aliphatic rings. The van der Waals surface area contributed by atoms with Crippen LogP contribution in [0.1, 0.15) is 51.7 Å². The molecule has 0 saturated carbocycles. The van der Waals surface area contributed by atoms with E-state index >= 15 is 0 Å². The average Bonchev–Trinajstić information content (AvgIpc) is 3.98. The van der Waals surface area contributed by atoms with Gasteiger partial charge in [-0.25, -0.2) is 9.59 Å². The average molecular weight is 631 g/mol. The fraction of sp³-hybridized carbons (Fsp3) is 0.515. The highest BCUT2D eigenvalue weighted by Crippen LogP contribution is 2.30. The van der Waals surface area contributed by atoms with Crippen molar-refractivity contribution in [2.24, 2.45) is 5.92 Å². The summed E-state index contributed by atoms with van der Waals surface area (Å²) in [7, 11) is 0. The predicted molar refractivity (Wildman–Crippen MR) is 165 cm³/mol. The number of aliphatic hydroxyl groups is 2. The molecule has 2 amide bonds. The molecule has 2 aromatic carbocycles. The van der Waals surface area contributed by atoms with Crippen molar-refractivity contribution < 1.29 is 48.3 Å². The van der Waals surface area contributed by atoms with Crippen molar-refractivity contribution in [3.63, 3.8) is 0 Å². The molecule has 0 bridgehead atoms. The number of alkyl carbamates (subject to hydrolysis) is 2. The van der Waals surface area contributed by atoms with Crippen LogP contribution in [0.25, 0.3) is 0 Å². The quantitative estimate of drug-likeness (QED) is 0.227. The van der Waals surface area contributed by atoms with Gasteiger partial charge in [0, 0.05) is 0 Å². The number of ether oxygens (including phenoxy) is 4. The molecule has 45 heavy (non-hydrogen) atoms. The van der Waals surface area contributed by atoms with Gasteiger partial charge in [0.2, 0.25) is 0 Å². The van der Waals surface area contributed by atoms with E-state index in [1.165, 1.54) is 6.42 Å². The maximum atomic E-state index is 12.4. The standard InChI is InChI=1S/C17H23NO5.C13H15NO5.C3H8/c1-12(2)8-14(15(20)17(10-19)11-23-17)18-16(21)22-9-13-6-4-3-5-7-13;15-8-13(9-19-13)11(16)6-14-12(17)18-7-10-4-2-1-3-5-10;1-3-2/h3-7,12,14,19H,8-11H2,1-2H3,(H,18,21);1-5,15H,6-9H2,(H,14,17);3H2,1-2H3/t14?,17-;13-;/m11./s1. The van der Waals surface area contributed by atoms with E-state index in [-0.39, 0.29) is 63.7 Å². The normalized spacial score (nSPS) is 19.8. The number of rotatable bonds is 14. The highest BCUT2D eigenvalue weighted by molar-refractivity contribution is 5.96. The molecule has 12 nitrogen and oxygen atoms in total. The molecule has 2 aromatic rings. The smallest absolute Gasteiger partial charge is 0.408 e. The van der Waals surface area contributed by atoms with Gasteiger partial charge in [0.25, 0.3) is 0 Å². The van der Waals surface area contributed by atoms with Gasteiger partial charge in [-0.3, -0.25) is 9.59 Å². The van der Waals surface area contributed by atoms with E-state index in [4.69, 9.17) is 24.1 Å². The van der Waals surface area contributed by atoms with Crippen molar-refractivity contribution in [1.82, 2.24) is 10.6 Å². The van der Waals surface area contributed by atoms with Crippen LogP contribution in [-0.4, -0.2) is 84.2 Å². The molecule has 0 spiro atoms. The van der Waals surface area contributed by atoms with E-state index in [0.717, 1.165) is 11.1 Å². The highest BCUT2D eigenvalue weighted by Gasteiger charge is 2.54. The summed E-state index contributed by atoms with van der Waals surface area (Å²) in [6.45, 7) is 7.87. The molecule has 3 atom stereocenters. The number of ketones is 2. The molecule has 0 aromatic heterocycles. The van der Waals surface area contributed by atoms with Gasteiger partial charge in [-0.05, 0) is 23.5 Å². The summed E-state index contributed by atoms with van der Waals surface area (Å²) in [5, 5.41) is 23.2. The van der Waals surface area contributed by atoms with E-state index in [2.05, 4.69) is 24.5 Å². The molecule has 2 heterocycles. The van der Waals surface area contributed by atoms with Crippen LogP contribution in [0.5, 0.6) is 0 Å². The van der Waals surface area contributed by atoms with E-state index in [0.29, 0.717) is 6.42 Å². The Labute approximate surface area is 264 Å². The second-order valence-corrected chi connectivity index (χ2v) is 11.2. The van der Waals surface area contributed by atoms with Crippen LogP contribution in [0.4, 0.5) is 9.59 Å².